The number of rotatable bonds is 5. The minimum atomic E-state index is -0.344. The highest BCUT2D eigenvalue weighted by Crippen LogP contribution is 2.21. The number of hydrogen-bond donors (Lipinski definition) is 0. The molecule has 2 aromatic carbocycles. The topological polar surface area (TPSA) is 61.7 Å². The van der Waals surface area contributed by atoms with Crippen molar-refractivity contribution in [3.63, 3.8) is 0 Å². The van der Waals surface area contributed by atoms with Gasteiger partial charge in [0.05, 0.1) is 17.6 Å². The number of benzene rings is 2. The van der Waals surface area contributed by atoms with Crippen molar-refractivity contribution in [3.05, 3.63) is 65.2 Å². The lowest BCUT2D eigenvalue weighted by Crippen LogP contribution is -2.48. The zero-order valence-electron chi connectivity index (χ0n) is 18.7. The van der Waals surface area contributed by atoms with Crippen LogP contribution in [0.5, 0.6) is 0 Å². The molecule has 1 aliphatic rings. The zero-order chi connectivity index (χ0) is 22.8. The van der Waals surface area contributed by atoms with Crippen molar-refractivity contribution in [2.45, 2.75) is 20.0 Å². The molecule has 168 valence electrons. The third-order valence-electron chi connectivity index (χ3n) is 5.91. The van der Waals surface area contributed by atoms with Crippen LogP contribution in [0.2, 0.25) is 0 Å². The fourth-order valence-corrected chi connectivity index (χ4v) is 4.13. The van der Waals surface area contributed by atoms with Gasteiger partial charge in [0.25, 0.3) is 11.8 Å². The summed E-state index contributed by atoms with van der Waals surface area (Å²) in [5, 5.41) is 0. The van der Waals surface area contributed by atoms with E-state index in [9.17, 15) is 14.0 Å². The molecule has 32 heavy (non-hydrogen) atoms. The number of fused-ring (bicyclic) bond motifs is 1. The quantitative estimate of drug-likeness (QED) is 0.616. The highest BCUT2D eigenvalue weighted by atomic mass is 19.1. The minimum Gasteiger partial charge on any atom is -0.345 e. The SMILES string of the molecule is CCn1c(CN2CCN(C(=O)c3ccc(F)cc3)CC2)nc2cc(C(=O)N(C)C)ccc21. The fraction of sp³-hybridized carbons (Fsp3) is 0.375. The Kier molecular flexibility index (Phi) is 6.23. The first-order valence-electron chi connectivity index (χ1n) is 10.9. The molecule has 3 aromatic rings. The van der Waals surface area contributed by atoms with E-state index in [-0.39, 0.29) is 17.6 Å². The number of aryl methyl sites for hydroxylation is 1. The maximum atomic E-state index is 13.1. The summed E-state index contributed by atoms with van der Waals surface area (Å²) in [6.07, 6.45) is 0. The molecule has 7 nitrogen and oxygen atoms in total. The van der Waals surface area contributed by atoms with Crippen LogP contribution in [0, 0.1) is 5.82 Å². The molecule has 0 N–H and O–H groups in total. The van der Waals surface area contributed by atoms with Crippen molar-refractivity contribution in [3.8, 4) is 0 Å². The van der Waals surface area contributed by atoms with Crippen molar-refractivity contribution < 1.29 is 14.0 Å². The Bertz CT molecular complexity index is 1130. The largest absolute Gasteiger partial charge is 0.345 e. The molecule has 0 bridgehead atoms. The lowest BCUT2D eigenvalue weighted by molar-refractivity contribution is 0.0624. The van der Waals surface area contributed by atoms with Gasteiger partial charge < -0.3 is 14.4 Å². The van der Waals surface area contributed by atoms with Crippen LogP contribution < -0.4 is 0 Å². The van der Waals surface area contributed by atoms with Gasteiger partial charge in [0, 0.05) is 57.9 Å². The Hall–Kier alpha value is -3.26. The van der Waals surface area contributed by atoms with E-state index in [0.717, 1.165) is 36.5 Å². The Balaban J connectivity index is 1.45. The number of aromatic nitrogens is 2. The Morgan fingerprint density at radius 3 is 2.28 bits per heavy atom. The molecule has 1 fully saturated rings. The lowest BCUT2D eigenvalue weighted by Gasteiger charge is -2.34. The summed E-state index contributed by atoms with van der Waals surface area (Å²) in [6, 6.07) is 11.4. The van der Waals surface area contributed by atoms with Gasteiger partial charge >= 0.3 is 0 Å². The number of carbonyl (C=O) groups excluding carboxylic acids is 2. The Morgan fingerprint density at radius 1 is 1.00 bits per heavy atom. The molecule has 0 radical (unpaired) electrons. The van der Waals surface area contributed by atoms with E-state index >= 15 is 0 Å². The third kappa shape index (κ3) is 4.36. The maximum Gasteiger partial charge on any atom is 0.253 e. The predicted molar refractivity (Wildman–Crippen MR) is 121 cm³/mol. The molecule has 1 aromatic heterocycles. The standard InChI is InChI=1S/C24H28FN5O2/c1-4-30-21-10-7-18(23(31)27(2)3)15-20(21)26-22(30)16-28-11-13-29(14-12-28)24(32)17-5-8-19(25)9-6-17/h5-10,15H,4,11-14,16H2,1-3H3. The van der Waals surface area contributed by atoms with Gasteiger partial charge in [-0.25, -0.2) is 9.37 Å². The highest BCUT2D eigenvalue weighted by Gasteiger charge is 2.24. The van der Waals surface area contributed by atoms with Gasteiger partial charge in [0.2, 0.25) is 0 Å². The molecule has 2 heterocycles. The number of hydrogen-bond acceptors (Lipinski definition) is 4. The summed E-state index contributed by atoms with van der Waals surface area (Å²) < 4.78 is 15.3. The van der Waals surface area contributed by atoms with Crippen LogP contribution in [0.15, 0.2) is 42.5 Å². The van der Waals surface area contributed by atoms with Crippen molar-refractivity contribution in [1.82, 2.24) is 24.3 Å². The van der Waals surface area contributed by atoms with Crippen molar-refractivity contribution >= 4 is 22.8 Å². The first-order valence-corrected chi connectivity index (χ1v) is 10.9. The summed E-state index contributed by atoms with van der Waals surface area (Å²) >= 11 is 0. The first-order chi connectivity index (χ1) is 15.4. The number of halogens is 1. The summed E-state index contributed by atoms with van der Waals surface area (Å²) in [5.41, 5.74) is 2.97. The van der Waals surface area contributed by atoms with Gasteiger partial charge in [-0.2, -0.15) is 0 Å². The summed E-state index contributed by atoms with van der Waals surface area (Å²) in [4.78, 5) is 35.5. The second-order valence-corrected chi connectivity index (χ2v) is 8.25. The van der Waals surface area contributed by atoms with Gasteiger partial charge in [0.1, 0.15) is 11.6 Å². The minimum absolute atomic E-state index is 0.0403. The molecular formula is C24H28FN5O2. The Morgan fingerprint density at radius 2 is 1.66 bits per heavy atom. The molecule has 0 spiro atoms. The summed E-state index contributed by atoms with van der Waals surface area (Å²) in [7, 11) is 3.48. The molecule has 0 saturated carbocycles. The molecule has 0 aliphatic carbocycles. The molecule has 1 saturated heterocycles. The summed E-state index contributed by atoms with van der Waals surface area (Å²) in [6.45, 7) is 6.26. The smallest absolute Gasteiger partial charge is 0.253 e. The van der Waals surface area contributed by atoms with Gasteiger partial charge in [-0.15, -0.1) is 0 Å². The molecule has 4 rings (SSSR count). The number of amides is 2. The van der Waals surface area contributed by atoms with Crippen LogP contribution in [0.25, 0.3) is 11.0 Å². The van der Waals surface area contributed by atoms with E-state index in [1.807, 2.05) is 23.1 Å². The number of piperazine rings is 1. The molecular weight excluding hydrogens is 409 g/mol. The number of nitrogens with zero attached hydrogens (tertiary/aromatic N) is 5. The normalized spacial score (nSPS) is 14.7. The van der Waals surface area contributed by atoms with Crippen LogP contribution in [0.1, 0.15) is 33.5 Å². The van der Waals surface area contributed by atoms with E-state index in [1.165, 1.54) is 24.3 Å². The van der Waals surface area contributed by atoms with E-state index in [2.05, 4.69) is 16.4 Å². The van der Waals surface area contributed by atoms with Crippen LogP contribution in [-0.2, 0) is 13.1 Å². The lowest BCUT2D eigenvalue weighted by atomic mass is 10.2. The fourth-order valence-electron chi connectivity index (χ4n) is 4.13. The van der Waals surface area contributed by atoms with E-state index < -0.39 is 0 Å². The van der Waals surface area contributed by atoms with Crippen LogP contribution >= 0.6 is 0 Å². The zero-order valence-corrected chi connectivity index (χ0v) is 18.7. The predicted octanol–water partition coefficient (Wildman–Crippen LogP) is 2.86. The Labute approximate surface area is 187 Å². The number of imidazole rings is 1. The third-order valence-corrected chi connectivity index (χ3v) is 5.91. The van der Waals surface area contributed by atoms with Gasteiger partial charge in [-0.1, -0.05) is 0 Å². The van der Waals surface area contributed by atoms with Crippen LogP contribution in [0.4, 0.5) is 4.39 Å². The second-order valence-electron chi connectivity index (χ2n) is 8.25. The molecule has 8 heteroatoms. The molecule has 2 amide bonds. The average molecular weight is 438 g/mol. The van der Waals surface area contributed by atoms with E-state index in [0.29, 0.717) is 30.8 Å². The van der Waals surface area contributed by atoms with E-state index in [4.69, 9.17) is 4.98 Å². The van der Waals surface area contributed by atoms with Gasteiger partial charge in [0.15, 0.2) is 0 Å². The second kappa shape index (κ2) is 9.08. The van der Waals surface area contributed by atoms with Crippen molar-refractivity contribution in [2.75, 3.05) is 40.3 Å². The molecule has 1 aliphatic heterocycles. The monoisotopic (exact) mass is 437 g/mol. The van der Waals surface area contributed by atoms with Gasteiger partial charge in [-0.05, 0) is 49.4 Å². The van der Waals surface area contributed by atoms with E-state index in [1.54, 1.807) is 19.0 Å². The van der Waals surface area contributed by atoms with Gasteiger partial charge in [-0.3, -0.25) is 14.5 Å². The summed E-state index contributed by atoms with van der Waals surface area (Å²) in [5.74, 6) is 0.503. The van der Waals surface area contributed by atoms with Crippen molar-refractivity contribution in [2.24, 2.45) is 0 Å². The molecule has 0 unspecified atom stereocenters. The molecule has 0 atom stereocenters. The number of carbonyl (C=O) groups is 2. The van der Waals surface area contributed by atoms with Crippen LogP contribution in [-0.4, -0.2) is 76.3 Å². The van der Waals surface area contributed by atoms with Crippen LogP contribution in [0.3, 0.4) is 0 Å². The highest BCUT2D eigenvalue weighted by molar-refractivity contribution is 5.97. The maximum absolute atomic E-state index is 13.1. The first kappa shape index (κ1) is 22.0. The van der Waals surface area contributed by atoms with Crippen molar-refractivity contribution in [1.29, 1.82) is 0 Å². The average Bonchev–Trinajstić information content (AvgIpc) is 3.15.